The van der Waals surface area contributed by atoms with Crippen molar-refractivity contribution in [2.45, 2.75) is 51.0 Å². The van der Waals surface area contributed by atoms with Crippen molar-refractivity contribution in [3.63, 3.8) is 0 Å². The molecule has 6 nitrogen and oxygen atoms in total. The quantitative estimate of drug-likeness (QED) is 0.815. The molecule has 1 atom stereocenters. The van der Waals surface area contributed by atoms with Crippen molar-refractivity contribution >= 4 is 28.3 Å². The lowest BCUT2D eigenvalue weighted by Crippen LogP contribution is -2.56. The molecule has 1 aromatic rings. The van der Waals surface area contributed by atoms with Crippen LogP contribution in [0.4, 0.5) is 0 Å². The van der Waals surface area contributed by atoms with Gasteiger partial charge in [0.15, 0.2) is 0 Å². The number of piperazine rings is 1. The van der Waals surface area contributed by atoms with Crippen LogP contribution in [0.5, 0.6) is 0 Å². The van der Waals surface area contributed by atoms with Gasteiger partial charge in [0, 0.05) is 26.2 Å². The van der Waals surface area contributed by atoms with Gasteiger partial charge in [0.1, 0.15) is 0 Å². The molecule has 1 fully saturated rings. The summed E-state index contributed by atoms with van der Waals surface area (Å²) < 4.78 is 27.4. The molecule has 0 unspecified atom stereocenters. The Morgan fingerprint density at radius 3 is 2.26 bits per heavy atom. The third-order valence-electron chi connectivity index (χ3n) is 5.46. The first-order valence-electron chi connectivity index (χ1n) is 9.27. The van der Waals surface area contributed by atoms with E-state index in [4.69, 9.17) is 5.73 Å². The number of aryl methyl sites for hydroxylation is 2. The minimum absolute atomic E-state index is 0. The molecule has 1 aliphatic heterocycles. The molecular weight excluding hydrogens is 386 g/mol. The summed E-state index contributed by atoms with van der Waals surface area (Å²) in [5, 5.41) is 0. The van der Waals surface area contributed by atoms with Crippen LogP contribution in [-0.4, -0.2) is 55.8 Å². The number of nitrogens with two attached hydrogens (primary N) is 1. The minimum Gasteiger partial charge on any atom is -0.339 e. The van der Waals surface area contributed by atoms with E-state index in [1.807, 2.05) is 32.9 Å². The average Bonchev–Trinajstić information content (AvgIpc) is 3.07. The number of fused-ring (bicyclic) bond motifs is 1. The lowest BCUT2D eigenvalue weighted by atomic mass is 9.86. The van der Waals surface area contributed by atoms with Gasteiger partial charge in [0.05, 0.1) is 10.9 Å². The van der Waals surface area contributed by atoms with Crippen LogP contribution >= 0.6 is 12.4 Å². The van der Waals surface area contributed by atoms with E-state index in [2.05, 4.69) is 0 Å². The Kier molecular flexibility index (Phi) is 6.62. The highest BCUT2D eigenvalue weighted by molar-refractivity contribution is 7.89. The molecule has 1 aromatic carbocycles. The van der Waals surface area contributed by atoms with Crippen molar-refractivity contribution in [2.24, 2.45) is 11.1 Å². The highest BCUT2D eigenvalue weighted by Gasteiger charge is 2.35. The number of carbonyl (C=O) groups excluding carboxylic acids is 1. The molecular formula is C19H30ClN3O3S. The number of rotatable bonds is 3. The molecule has 1 amide bonds. The number of halogens is 1. The number of benzene rings is 1. The second kappa shape index (κ2) is 8.07. The number of hydrogen-bond acceptors (Lipinski definition) is 4. The summed E-state index contributed by atoms with van der Waals surface area (Å²) in [4.78, 5) is 14.6. The average molecular weight is 416 g/mol. The summed E-state index contributed by atoms with van der Waals surface area (Å²) >= 11 is 0. The van der Waals surface area contributed by atoms with E-state index >= 15 is 0 Å². The Labute approximate surface area is 168 Å². The fraction of sp³-hybridized carbons (Fsp3) is 0.632. The van der Waals surface area contributed by atoms with Gasteiger partial charge in [-0.05, 0) is 47.9 Å². The lowest BCUT2D eigenvalue weighted by molar-refractivity contribution is -0.136. The Morgan fingerprint density at radius 2 is 1.67 bits per heavy atom. The standard InChI is InChI=1S/C19H29N3O3S.ClH/c1-19(2,3)17(20)18(23)21-9-11-22(12-10-21)26(24,25)16-8-7-14-5-4-6-15(14)13-16;/h7-8,13,17H,4-6,9-12,20H2,1-3H3;1H/t17-;/m1./s1. The van der Waals surface area contributed by atoms with Crippen molar-refractivity contribution in [3.05, 3.63) is 29.3 Å². The topological polar surface area (TPSA) is 83.7 Å². The third kappa shape index (κ3) is 4.47. The van der Waals surface area contributed by atoms with E-state index in [1.165, 1.54) is 9.87 Å². The van der Waals surface area contributed by atoms with Gasteiger partial charge >= 0.3 is 0 Å². The molecule has 0 aromatic heterocycles. The lowest BCUT2D eigenvalue weighted by Gasteiger charge is -2.37. The van der Waals surface area contributed by atoms with E-state index in [1.54, 1.807) is 11.0 Å². The SMILES string of the molecule is CC(C)(C)[C@H](N)C(=O)N1CCN(S(=O)(=O)c2ccc3c(c2)CCC3)CC1.Cl. The summed E-state index contributed by atoms with van der Waals surface area (Å²) in [7, 11) is -3.52. The second-order valence-electron chi connectivity index (χ2n) is 8.36. The fourth-order valence-corrected chi connectivity index (χ4v) is 5.05. The Morgan fingerprint density at radius 1 is 1.07 bits per heavy atom. The Balaban J connectivity index is 0.00000261. The summed E-state index contributed by atoms with van der Waals surface area (Å²) in [6.07, 6.45) is 3.07. The summed E-state index contributed by atoms with van der Waals surface area (Å²) in [5.41, 5.74) is 8.16. The number of carbonyl (C=O) groups is 1. The van der Waals surface area contributed by atoms with Crippen molar-refractivity contribution < 1.29 is 13.2 Å². The molecule has 0 bridgehead atoms. The van der Waals surface area contributed by atoms with Gasteiger partial charge < -0.3 is 10.6 Å². The molecule has 1 aliphatic carbocycles. The van der Waals surface area contributed by atoms with Gasteiger partial charge in [-0.25, -0.2) is 8.42 Å². The van der Waals surface area contributed by atoms with Crippen LogP contribution in [0.15, 0.2) is 23.1 Å². The molecule has 152 valence electrons. The van der Waals surface area contributed by atoms with Gasteiger partial charge in [-0.15, -0.1) is 12.4 Å². The van der Waals surface area contributed by atoms with E-state index in [0.29, 0.717) is 31.1 Å². The van der Waals surface area contributed by atoms with Crippen molar-refractivity contribution in [3.8, 4) is 0 Å². The van der Waals surface area contributed by atoms with Crippen molar-refractivity contribution in [1.82, 2.24) is 9.21 Å². The second-order valence-corrected chi connectivity index (χ2v) is 10.3. The molecule has 27 heavy (non-hydrogen) atoms. The Hall–Kier alpha value is -1.15. The number of sulfonamides is 1. The van der Waals surface area contributed by atoms with E-state index in [0.717, 1.165) is 24.8 Å². The monoisotopic (exact) mass is 415 g/mol. The van der Waals surface area contributed by atoms with Gasteiger partial charge in [0.25, 0.3) is 0 Å². The maximum absolute atomic E-state index is 13.0. The van der Waals surface area contributed by atoms with Crippen LogP contribution in [0.1, 0.15) is 38.3 Å². The summed E-state index contributed by atoms with van der Waals surface area (Å²) in [6, 6.07) is 4.90. The Bertz CT molecular complexity index is 797. The van der Waals surface area contributed by atoms with Crippen LogP contribution in [0, 0.1) is 5.41 Å². The molecule has 0 saturated carbocycles. The van der Waals surface area contributed by atoms with Crippen LogP contribution < -0.4 is 5.73 Å². The van der Waals surface area contributed by atoms with Crippen LogP contribution in [0.25, 0.3) is 0 Å². The zero-order chi connectivity index (χ0) is 19.1. The maximum atomic E-state index is 13.0. The molecule has 3 rings (SSSR count). The normalized spacial score (nSPS) is 19.3. The third-order valence-corrected chi connectivity index (χ3v) is 7.35. The number of hydrogen-bond donors (Lipinski definition) is 1. The van der Waals surface area contributed by atoms with Crippen LogP contribution in [0.2, 0.25) is 0 Å². The highest BCUT2D eigenvalue weighted by Crippen LogP contribution is 2.27. The van der Waals surface area contributed by atoms with E-state index in [9.17, 15) is 13.2 Å². The maximum Gasteiger partial charge on any atom is 0.243 e. The molecule has 8 heteroatoms. The molecule has 2 N–H and O–H groups in total. The zero-order valence-electron chi connectivity index (χ0n) is 16.3. The largest absolute Gasteiger partial charge is 0.339 e. The smallest absolute Gasteiger partial charge is 0.243 e. The molecule has 1 saturated heterocycles. The van der Waals surface area contributed by atoms with Crippen molar-refractivity contribution in [1.29, 1.82) is 0 Å². The first-order chi connectivity index (χ1) is 12.1. The van der Waals surface area contributed by atoms with Gasteiger partial charge in [0.2, 0.25) is 15.9 Å². The minimum atomic E-state index is -3.52. The van der Waals surface area contributed by atoms with Crippen LogP contribution in [0.3, 0.4) is 0 Å². The van der Waals surface area contributed by atoms with Crippen molar-refractivity contribution in [2.75, 3.05) is 26.2 Å². The summed E-state index contributed by atoms with van der Waals surface area (Å²) in [6.45, 7) is 7.18. The molecule has 0 spiro atoms. The molecule has 1 heterocycles. The van der Waals surface area contributed by atoms with E-state index < -0.39 is 16.1 Å². The van der Waals surface area contributed by atoms with E-state index in [-0.39, 0.29) is 23.7 Å². The highest BCUT2D eigenvalue weighted by atomic mass is 35.5. The van der Waals surface area contributed by atoms with Gasteiger partial charge in [-0.2, -0.15) is 4.31 Å². The summed E-state index contributed by atoms with van der Waals surface area (Å²) in [5.74, 6) is -0.105. The first-order valence-corrected chi connectivity index (χ1v) is 10.7. The molecule has 2 aliphatic rings. The van der Waals surface area contributed by atoms with Gasteiger partial charge in [-0.3, -0.25) is 4.79 Å². The van der Waals surface area contributed by atoms with Gasteiger partial charge in [-0.1, -0.05) is 26.8 Å². The number of nitrogens with zero attached hydrogens (tertiary/aromatic N) is 2. The zero-order valence-corrected chi connectivity index (χ0v) is 17.9. The predicted molar refractivity (Wildman–Crippen MR) is 108 cm³/mol. The fourth-order valence-electron chi connectivity index (χ4n) is 3.57. The van der Waals surface area contributed by atoms with Crippen LogP contribution in [-0.2, 0) is 27.7 Å². The molecule has 0 radical (unpaired) electrons. The predicted octanol–water partition coefficient (Wildman–Crippen LogP) is 1.80. The number of amides is 1. The first kappa shape index (κ1) is 22.1.